The summed E-state index contributed by atoms with van der Waals surface area (Å²) < 4.78 is 0. The molecule has 52 valence electrons. The van der Waals surface area contributed by atoms with Crippen LogP contribution in [0.3, 0.4) is 0 Å². The Balaban J connectivity index is 2.38. The van der Waals surface area contributed by atoms with Gasteiger partial charge in [0.25, 0.3) is 0 Å². The van der Waals surface area contributed by atoms with Gasteiger partial charge in [-0.2, -0.15) is 4.91 Å². The molecule has 0 aromatic rings. The molecule has 0 radical (unpaired) electrons. The van der Waals surface area contributed by atoms with E-state index in [9.17, 15) is 4.91 Å². The van der Waals surface area contributed by atoms with Gasteiger partial charge in [0.05, 0.1) is 6.04 Å². The maximum Gasteiger partial charge on any atom is 0.0945 e. The summed E-state index contributed by atoms with van der Waals surface area (Å²) in [6.45, 7) is 2.12. The minimum Gasteiger partial charge on any atom is -0.151 e. The Labute approximate surface area is 55.6 Å². The van der Waals surface area contributed by atoms with Crippen molar-refractivity contribution in [1.82, 2.24) is 0 Å². The van der Waals surface area contributed by atoms with Crippen LogP contribution in [0.1, 0.15) is 32.6 Å². The maximum absolute atomic E-state index is 10.1. The number of hydrogen-bond donors (Lipinski definition) is 0. The molecule has 0 saturated heterocycles. The summed E-state index contributed by atoms with van der Waals surface area (Å²) in [4.78, 5) is 10.1. The van der Waals surface area contributed by atoms with Gasteiger partial charge in [-0.1, -0.05) is 24.9 Å². The zero-order valence-electron chi connectivity index (χ0n) is 5.84. The van der Waals surface area contributed by atoms with E-state index in [1.807, 2.05) is 0 Å². The summed E-state index contributed by atoms with van der Waals surface area (Å²) in [5, 5.41) is 3.08. The van der Waals surface area contributed by atoms with Gasteiger partial charge in [-0.15, -0.1) is 0 Å². The molecule has 1 saturated carbocycles. The lowest BCUT2D eigenvalue weighted by atomic mass is 9.87. The summed E-state index contributed by atoms with van der Waals surface area (Å²) in [7, 11) is 0. The van der Waals surface area contributed by atoms with E-state index in [2.05, 4.69) is 12.1 Å². The molecule has 0 N–H and O–H groups in total. The normalized spacial score (nSPS) is 36.1. The lowest BCUT2D eigenvalue weighted by Gasteiger charge is -2.21. The SMILES string of the molecule is C[C@@H]1CCCC[C@H]1N=O. The third kappa shape index (κ3) is 1.50. The van der Waals surface area contributed by atoms with E-state index in [1.54, 1.807) is 0 Å². The van der Waals surface area contributed by atoms with Gasteiger partial charge < -0.3 is 0 Å². The molecule has 1 aliphatic carbocycles. The van der Waals surface area contributed by atoms with E-state index < -0.39 is 0 Å². The van der Waals surface area contributed by atoms with Crippen molar-refractivity contribution in [3.63, 3.8) is 0 Å². The molecule has 0 spiro atoms. The van der Waals surface area contributed by atoms with Gasteiger partial charge in [-0.05, 0) is 18.8 Å². The van der Waals surface area contributed by atoms with Gasteiger partial charge in [0.1, 0.15) is 0 Å². The summed E-state index contributed by atoms with van der Waals surface area (Å²) >= 11 is 0. The van der Waals surface area contributed by atoms with Crippen LogP contribution in [0.15, 0.2) is 5.18 Å². The first-order valence-electron chi connectivity index (χ1n) is 3.67. The van der Waals surface area contributed by atoms with E-state index in [4.69, 9.17) is 0 Å². The molecule has 1 rings (SSSR count). The van der Waals surface area contributed by atoms with Gasteiger partial charge in [0.2, 0.25) is 0 Å². The lowest BCUT2D eigenvalue weighted by Crippen LogP contribution is -2.19. The van der Waals surface area contributed by atoms with Crippen molar-refractivity contribution < 1.29 is 0 Å². The number of hydrogen-bond acceptors (Lipinski definition) is 2. The number of rotatable bonds is 1. The molecule has 0 amide bonds. The number of nitroso groups, excluding NO2 is 1. The van der Waals surface area contributed by atoms with Crippen LogP contribution < -0.4 is 0 Å². The molecule has 0 aromatic carbocycles. The second-order valence-corrected chi connectivity index (χ2v) is 2.93. The van der Waals surface area contributed by atoms with Gasteiger partial charge in [0.15, 0.2) is 0 Å². The highest BCUT2D eigenvalue weighted by Crippen LogP contribution is 2.25. The zero-order chi connectivity index (χ0) is 6.69. The van der Waals surface area contributed by atoms with Crippen LogP contribution in [0.5, 0.6) is 0 Å². The molecule has 0 heterocycles. The third-order valence-corrected chi connectivity index (χ3v) is 2.20. The molecule has 1 fully saturated rings. The predicted octanol–water partition coefficient (Wildman–Crippen LogP) is 2.33. The van der Waals surface area contributed by atoms with Crippen molar-refractivity contribution in [1.29, 1.82) is 0 Å². The van der Waals surface area contributed by atoms with Crippen LogP contribution in [0.25, 0.3) is 0 Å². The topological polar surface area (TPSA) is 29.4 Å². The van der Waals surface area contributed by atoms with Crippen molar-refractivity contribution in [2.24, 2.45) is 11.1 Å². The average molecular weight is 127 g/mol. The van der Waals surface area contributed by atoms with Crippen molar-refractivity contribution in [3.8, 4) is 0 Å². The van der Waals surface area contributed by atoms with Crippen molar-refractivity contribution >= 4 is 0 Å². The van der Waals surface area contributed by atoms with Crippen LogP contribution in [0.4, 0.5) is 0 Å². The van der Waals surface area contributed by atoms with E-state index in [0.29, 0.717) is 5.92 Å². The van der Waals surface area contributed by atoms with Crippen LogP contribution in [0, 0.1) is 10.8 Å². The summed E-state index contributed by atoms with van der Waals surface area (Å²) in [5.74, 6) is 0.538. The Bertz CT molecular complexity index is 103. The van der Waals surface area contributed by atoms with E-state index in [-0.39, 0.29) is 6.04 Å². The molecule has 2 nitrogen and oxygen atoms in total. The predicted molar refractivity (Wildman–Crippen MR) is 37.2 cm³/mol. The Kier molecular flexibility index (Phi) is 2.20. The molecular formula is C7H13NO. The smallest absolute Gasteiger partial charge is 0.0945 e. The quantitative estimate of drug-likeness (QED) is 0.497. The molecule has 0 bridgehead atoms. The first-order chi connectivity index (χ1) is 4.34. The van der Waals surface area contributed by atoms with E-state index in [1.165, 1.54) is 19.3 Å². The first-order valence-corrected chi connectivity index (χ1v) is 3.67. The van der Waals surface area contributed by atoms with Crippen molar-refractivity contribution in [2.75, 3.05) is 0 Å². The molecule has 0 aliphatic heterocycles. The second kappa shape index (κ2) is 2.95. The van der Waals surface area contributed by atoms with Crippen LogP contribution in [-0.2, 0) is 0 Å². The monoisotopic (exact) mass is 127 g/mol. The van der Waals surface area contributed by atoms with Gasteiger partial charge in [-0.25, -0.2) is 0 Å². The van der Waals surface area contributed by atoms with Crippen LogP contribution in [-0.4, -0.2) is 6.04 Å². The largest absolute Gasteiger partial charge is 0.151 e. The summed E-state index contributed by atoms with van der Waals surface area (Å²) in [5.41, 5.74) is 0. The van der Waals surface area contributed by atoms with Gasteiger partial charge in [0, 0.05) is 0 Å². The van der Waals surface area contributed by atoms with Crippen molar-refractivity contribution in [2.45, 2.75) is 38.6 Å². The zero-order valence-corrected chi connectivity index (χ0v) is 5.84. The van der Waals surface area contributed by atoms with Crippen LogP contribution >= 0.6 is 0 Å². The molecule has 9 heavy (non-hydrogen) atoms. The van der Waals surface area contributed by atoms with Gasteiger partial charge in [-0.3, -0.25) is 0 Å². The average Bonchev–Trinajstić information content (AvgIpc) is 1.89. The molecule has 0 aromatic heterocycles. The Morgan fingerprint density at radius 2 is 2.00 bits per heavy atom. The Hall–Kier alpha value is -0.400. The Morgan fingerprint density at radius 1 is 1.33 bits per heavy atom. The molecule has 2 atom stereocenters. The highest BCUT2D eigenvalue weighted by molar-refractivity contribution is 4.76. The highest BCUT2D eigenvalue weighted by Gasteiger charge is 2.20. The number of nitrogens with zero attached hydrogens (tertiary/aromatic N) is 1. The van der Waals surface area contributed by atoms with E-state index in [0.717, 1.165) is 6.42 Å². The fourth-order valence-corrected chi connectivity index (χ4v) is 1.45. The van der Waals surface area contributed by atoms with Gasteiger partial charge >= 0.3 is 0 Å². The minimum absolute atomic E-state index is 0.124. The second-order valence-electron chi connectivity index (χ2n) is 2.93. The summed E-state index contributed by atoms with van der Waals surface area (Å²) in [6.07, 6.45) is 4.69. The maximum atomic E-state index is 10.1. The molecule has 1 aliphatic rings. The standard InChI is InChI=1S/C7H13NO/c1-6-4-2-3-5-7(6)8-9/h6-7H,2-5H2,1H3/t6-,7-/m1/s1. The fourth-order valence-electron chi connectivity index (χ4n) is 1.45. The van der Waals surface area contributed by atoms with Crippen LogP contribution in [0.2, 0.25) is 0 Å². The molecular weight excluding hydrogens is 114 g/mol. The minimum atomic E-state index is 0.124. The fraction of sp³-hybridized carbons (Fsp3) is 1.00. The van der Waals surface area contributed by atoms with E-state index >= 15 is 0 Å². The first kappa shape index (κ1) is 6.72. The third-order valence-electron chi connectivity index (χ3n) is 2.20. The summed E-state index contributed by atoms with van der Waals surface area (Å²) in [6, 6.07) is 0.124. The highest BCUT2D eigenvalue weighted by atomic mass is 16.3. The molecule has 2 heteroatoms. The molecule has 0 unspecified atom stereocenters. The van der Waals surface area contributed by atoms with Crippen molar-refractivity contribution in [3.05, 3.63) is 4.91 Å². The lowest BCUT2D eigenvalue weighted by molar-refractivity contribution is 0.331. The Morgan fingerprint density at radius 3 is 2.44 bits per heavy atom.